The average molecular weight is 194 g/mol. The van der Waals surface area contributed by atoms with E-state index in [4.69, 9.17) is 0 Å². The molecule has 0 aliphatic heterocycles. The van der Waals surface area contributed by atoms with Crippen molar-refractivity contribution in [2.24, 2.45) is 0 Å². The van der Waals surface area contributed by atoms with E-state index in [1.165, 1.54) is 4.57 Å². The highest BCUT2D eigenvalue weighted by Crippen LogP contribution is 2.07. The lowest BCUT2D eigenvalue weighted by molar-refractivity contribution is 0.166. The highest BCUT2D eigenvalue weighted by Gasteiger charge is 2.21. The van der Waals surface area contributed by atoms with Gasteiger partial charge in [-0.15, -0.1) is 0 Å². The SMILES string of the molecule is CC(C)N(C(=O)n1[c]ncc1)C(C)C. The first-order valence-corrected chi connectivity index (χ1v) is 4.77. The summed E-state index contributed by atoms with van der Waals surface area (Å²) >= 11 is 0. The number of imidazole rings is 1. The molecule has 0 saturated heterocycles. The number of amides is 1. The maximum absolute atomic E-state index is 11.9. The number of aromatic nitrogens is 2. The Morgan fingerprint density at radius 1 is 1.36 bits per heavy atom. The standard InChI is InChI=1S/C10H16N3O/c1-8(2)13(9(3)4)10(14)12-6-5-11-7-12/h5-6,8-9H,1-4H3. The van der Waals surface area contributed by atoms with Crippen LogP contribution in [0.5, 0.6) is 0 Å². The third-order valence-corrected chi connectivity index (χ3v) is 2.00. The van der Waals surface area contributed by atoms with E-state index in [2.05, 4.69) is 11.3 Å². The summed E-state index contributed by atoms with van der Waals surface area (Å²) in [6, 6.07) is 0.282. The molecule has 1 heterocycles. The van der Waals surface area contributed by atoms with Gasteiger partial charge >= 0.3 is 6.03 Å². The van der Waals surface area contributed by atoms with Crippen LogP contribution in [-0.4, -0.2) is 32.6 Å². The quantitative estimate of drug-likeness (QED) is 0.719. The first kappa shape index (κ1) is 10.8. The molecule has 1 rings (SSSR count). The van der Waals surface area contributed by atoms with Crippen LogP contribution < -0.4 is 0 Å². The van der Waals surface area contributed by atoms with Crippen LogP contribution in [0.25, 0.3) is 0 Å². The van der Waals surface area contributed by atoms with Crippen molar-refractivity contribution in [3.05, 3.63) is 18.7 Å². The Morgan fingerprint density at radius 2 is 1.93 bits per heavy atom. The highest BCUT2D eigenvalue weighted by atomic mass is 16.2. The van der Waals surface area contributed by atoms with Crippen molar-refractivity contribution in [1.29, 1.82) is 0 Å². The topological polar surface area (TPSA) is 38.1 Å². The Balaban J connectivity index is 2.85. The van der Waals surface area contributed by atoms with Gasteiger partial charge in [-0.2, -0.15) is 0 Å². The Kier molecular flexibility index (Phi) is 3.28. The van der Waals surface area contributed by atoms with Crippen molar-refractivity contribution >= 4 is 6.03 Å². The molecule has 4 nitrogen and oxygen atoms in total. The molecular formula is C10H16N3O. The molecule has 0 unspecified atom stereocenters. The van der Waals surface area contributed by atoms with E-state index in [1.807, 2.05) is 27.7 Å². The first-order chi connectivity index (χ1) is 6.54. The predicted octanol–water partition coefficient (Wildman–Crippen LogP) is 1.77. The Morgan fingerprint density at radius 3 is 2.29 bits per heavy atom. The molecular weight excluding hydrogens is 178 g/mol. The number of carbonyl (C=O) groups is 1. The molecule has 77 valence electrons. The van der Waals surface area contributed by atoms with Crippen molar-refractivity contribution < 1.29 is 4.79 Å². The average Bonchev–Trinajstić information content (AvgIpc) is 2.53. The molecule has 1 radical (unpaired) electrons. The summed E-state index contributed by atoms with van der Waals surface area (Å²) in [6.07, 6.45) is 5.77. The maximum atomic E-state index is 11.9. The molecule has 1 aromatic rings. The second-order valence-corrected chi connectivity index (χ2v) is 3.77. The lowest BCUT2D eigenvalue weighted by atomic mass is 10.2. The third-order valence-electron chi connectivity index (χ3n) is 2.00. The van der Waals surface area contributed by atoms with E-state index >= 15 is 0 Å². The summed E-state index contributed by atoms with van der Waals surface area (Å²) in [6.45, 7) is 7.98. The molecule has 1 amide bonds. The number of carbonyl (C=O) groups excluding carboxylic acids is 1. The van der Waals surface area contributed by atoms with E-state index in [0.29, 0.717) is 0 Å². The van der Waals surface area contributed by atoms with Crippen molar-refractivity contribution in [2.75, 3.05) is 0 Å². The van der Waals surface area contributed by atoms with E-state index < -0.39 is 0 Å². The second kappa shape index (κ2) is 4.26. The molecule has 4 heteroatoms. The minimum atomic E-state index is -0.0764. The fourth-order valence-corrected chi connectivity index (χ4v) is 1.50. The molecule has 0 aromatic carbocycles. The number of rotatable bonds is 2. The van der Waals surface area contributed by atoms with Crippen molar-refractivity contribution in [3.63, 3.8) is 0 Å². The van der Waals surface area contributed by atoms with E-state index in [0.717, 1.165) is 0 Å². The zero-order valence-corrected chi connectivity index (χ0v) is 9.06. The zero-order valence-electron chi connectivity index (χ0n) is 9.06. The Bertz CT molecular complexity index is 282. The molecule has 0 spiro atoms. The van der Waals surface area contributed by atoms with Gasteiger partial charge in [-0.05, 0) is 27.7 Å². The summed E-state index contributed by atoms with van der Waals surface area (Å²) in [4.78, 5) is 17.4. The van der Waals surface area contributed by atoms with Gasteiger partial charge in [0.05, 0.1) is 0 Å². The van der Waals surface area contributed by atoms with Crippen LogP contribution in [-0.2, 0) is 0 Å². The van der Waals surface area contributed by atoms with E-state index in [9.17, 15) is 4.79 Å². The van der Waals surface area contributed by atoms with Gasteiger partial charge in [-0.25, -0.2) is 14.3 Å². The Labute approximate surface area is 84.5 Å². The zero-order chi connectivity index (χ0) is 10.7. The third kappa shape index (κ3) is 2.13. The molecule has 14 heavy (non-hydrogen) atoms. The van der Waals surface area contributed by atoms with Gasteiger partial charge in [0.15, 0.2) is 6.33 Å². The van der Waals surface area contributed by atoms with Crippen LogP contribution in [0.2, 0.25) is 0 Å². The van der Waals surface area contributed by atoms with Crippen LogP contribution in [0.4, 0.5) is 4.79 Å². The van der Waals surface area contributed by atoms with Crippen molar-refractivity contribution in [3.8, 4) is 0 Å². The van der Waals surface area contributed by atoms with Gasteiger partial charge in [-0.3, -0.25) is 0 Å². The summed E-state index contributed by atoms with van der Waals surface area (Å²) < 4.78 is 1.38. The smallest absolute Gasteiger partial charge is 0.319 e. The summed E-state index contributed by atoms with van der Waals surface area (Å²) in [5, 5.41) is 0. The molecule has 0 atom stereocenters. The molecule has 0 aliphatic carbocycles. The normalized spacial score (nSPS) is 11.0. The van der Waals surface area contributed by atoms with Gasteiger partial charge in [0.1, 0.15) is 0 Å². The number of nitrogens with zero attached hydrogens (tertiary/aromatic N) is 3. The van der Waals surface area contributed by atoms with Crippen LogP contribution >= 0.6 is 0 Å². The predicted molar refractivity (Wildman–Crippen MR) is 54.0 cm³/mol. The first-order valence-electron chi connectivity index (χ1n) is 4.77. The van der Waals surface area contributed by atoms with Gasteiger partial charge < -0.3 is 4.90 Å². The van der Waals surface area contributed by atoms with E-state index in [-0.39, 0.29) is 18.1 Å². The number of hydrogen-bond donors (Lipinski definition) is 0. The van der Waals surface area contributed by atoms with Gasteiger partial charge in [0, 0.05) is 24.5 Å². The maximum Gasteiger partial charge on any atom is 0.330 e. The minimum absolute atomic E-state index is 0.0764. The molecule has 1 aromatic heterocycles. The highest BCUT2D eigenvalue weighted by molar-refractivity contribution is 5.77. The molecule has 0 fully saturated rings. The molecule has 0 N–H and O–H groups in total. The van der Waals surface area contributed by atoms with Gasteiger partial charge in [0.2, 0.25) is 0 Å². The minimum Gasteiger partial charge on any atom is -0.319 e. The summed E-state index contributed by atoms with van der Waals surface area (Å²) in [5.74, 6) is 0. The van der Waals surface area contributed by atoms with Crippen molar-refractivity contribution in [1.82, 2.24) is 14.5 Å². The molecule has 0 bridgehead atoms. The fourth-order valence-electron chi connectivity index (χ4n) is 1.50. The van der Waals surface area contributed by atoms with Gasteiger partial charge in [-0.1, -0.05) is 0 Å². The lowest BCUT2D eigenvalue weighted by Crippen LogP contribution is -2.44. The lowest BCUT2D eigenvalue weighted by Gasteiger charge is -2.30. The van der Waals surface area contributed by atoms with Gasteiger partial charge in [0.25, 0.3) is 0 Å². The number of hydrogen-bond acceptors (Lipinski definition) is 2. The Hall–Kier alpha value is -1.32. The largest absolute Gasteiger partial charge is 0.330 e. The summed E-state index contributed by atoms with van der Waals surface area (Å²) in [5.41, 5.74) is 0. The fraction of sp³-hybridized carbons (Fsp3) is 0.600. The van der Waals surface area contributed by atoms with Crippen LogP contribution in [0.1, 0.15) is 27.7 Å². The van der Waals surface area contributed by atoms with Crippen LogP contribution in [0, 0.1) is 6.33 Å². The monoisotopic (exact) mass is 194 g/mol. The van der Waals surface area contributed by atoms with Crippen molar-refractivity contribution in [2.45, 2.75) is 39.8 Å². The van der Waals surface area contributed by atoms with E-state index in [1.54, 1.807) is 17.3 Å². The molecule has 0 aliphatic rings. The summed E-state index contributed by atoms with van der Waals surface area (Å²) in [7, 11) is 0. The molecule has 0 saturated carbocycles. The van der Waals surface area contributed by atoms with Crippen LogP contribution in [0.3, 0.4) is 0 Å². The second-order valence-electron chi connectivity index (χ2n) is 3.77. The van der Waals surface area contributed by atoms with Crippen LogP contribution in [0.15, 0.2) is 12.4 Å².